The highest BCUT2D eigenvalue weighted by atomic mass is 19.1. The Kier molecular flexibility index (Phi) is 6.57. The molecule has 3 heterocycles. The zero-order valence-corrected chi connectivity index (χ0v) is 20.1. The number of H-pyrrole nitrogens is 1. The maximum absolute atomic E-state index is 15.1. The van der Waals surface area contributed by atoms with Crippen molar-refractivity contribution in [1.82, 2.24) is 25.6 Å². The number of aromatic amines is 1. The van der Waals surface area contributed by atoms with E-state index in [1.54, 1.807) is 19.1 Å². The lowest BCUT2D eigenvalue weighted by Gasteiger charge is -2.29. The Labute approximate surface area is 210 Å². The Balaban J connectivity index is 1.49. The topological polar surface area (TPSA) is 107 Å². The Morgan fingerprint density at radius 1 is 1.08 bits per heavy atom. The molecule has 4 N–H and O–H groups in total. The molecule has 12 heteroatoms. The monoisotopic (exact) mass is 511 g/mol. The summed E-state index contributed by atoms with van der Waals surface area (Å²) < 4.78 is 50.2. The Morgan fingerprint density at radius 3 is 2.59 bits per heavy atom. The van der Waals surface area contributed by atoms with E-state index in [1.807, 2.05) is 4.90 Å². The van der Waals surface area contributed by atoms with Crippen molar-refractivity contribution in [3.8, 4) is 11.6 Å². The molecule has 1 aliphatic rings. The van der Waals surface area contributed by atoms with Gasteiger partial charge in [0.05, 0.1) is 11.2 Å². The van der Waals surface area contributed by atoms with Gasteiger partial charge in [-0.15, -0.1) is 0 Å². The molecule has 4 aromatic rings. The molecule has 37 heavy (non-hydrogen) atoms. The normalized spacial score (nSPS) is 13.6. The molecular weight excluding hydrogens is 487 g/mol. The molecule has 0 atom stereocenters. The second-order valence-electron chi connectivity index (χ2n) is 8.52. The number of aryl methyl sites for hydroxylation is 1. The Bertz CT molecular complexity index is 1490. The number of carbonyl (C=O) groups excluding carboxylic acids is 1. The number of halogens is 3. The lowest BCUT2D eigenvalue weighted by molar-refractivity contribution is 0.0960. The molecule has 192 valence electrons. The largest absolute Gasteiger partial charge is 0.435 e. The highest BCUT2D eigenvalue weighted by molar-refractivity contribution is 6.01. The summed E-state index contributed by atoms with van der Waals surface area (Å²) in [6.45, 7) is 4.56. The van der Waals surface area contributed by atoms with E-state index in [-0.39, 0.29) is 28.2 Å². The molecule has 0 saturated carbocycles. The fourth-order valence-electron chi connectivity index (χ4n) is 4.27. The van der Waals surface area contributed by atoms with Crippen molar-refractivity contribution < 1.29 is 22.7 Å². The minimum Gasteiger partial charge on any atom is -0.435 e. The van der Waals surface area contributed by atoms with Gasteiger partial charge in [0.2, 0.25) is 5.88 Å². The first-order chi connectivity index (χ1) is 17.9. The van der Waals surface area contributed by atoms with Crippen molar-refractivity contribution in [3.63, 3.8) is 0 Å². The number of aromatic nitrogens is 3. The van der Waals surface area contributed by atoms with Crippen molar-refractivity contribution in [3.05, 3.63) is 65.4 Å². The lowest BCUT2D eigenvalue weighted by Crippen LogP contribution is -2.43. The van der Waals surface area contributed by atoms with Crippen molar-refractivity contribution >= 4 is 34.0 Å². The van der Waals surface area contributed by atoms with Crippen LogP contribution in [0.1, 0.15) is 16.1 Å². The summed E-state index contributed by atoms with van der Waals surface area (Å²) in [4.78, 5) is 25.5. The SMILES string of the molecule is CNC(=O)c1c(Nc2ccc(N3CCNCC3)c(F)c2)ncnc1Oc1cc(F)c2[nH]c(C)cc2c1F. The zero-order chi connectivity index (χ0) is 26.1. The number of hydrogen-bond donors (Lipinski definition) is 4. The summed E-state index contributed by atoms with van der Waals surface area (Å²) >= 11 is 0. The highest BCUT2D eigenvalue weighted by Crippen LogP contribution is 2.35. The number of amides is 1. The first-order valence-electron chi connectivity index (χ1n) is 11.6. The molecule has 1 aliphatic heterocycles. The van der Waals surface area contributed by atoms with Crippen molar-refractivity contribution in [1.29, 1.82) is 0 Å². The second kappa shape index (κ2) is 9.97. The van der Waals surface area contributed by atoms with Gasteiger partial charge in [0.25, 0.3) is 5.91 Å². The molecule has 0 spiro atoms. The van der Waals surface area contributed by atoms with Crippen LogP contribution in [0.3, 0.4) is 0 Å². The fraction of sp³-hybridized carbons (Fsp3) is 0.240. The van der Waals surface area contributed by atoms with Gasteiger partial charge in [0, 0.05) is 56.1 Å². The summed E-state index contributed by atoms with van der Waals surface area (Å²) in [5, 5.41) is 8.59. The first kappa shape index (κ1) is 24.4. The number of hydrogen-bond acceptors (Lipinski definition) is 7. The fourth-order valence-corrected chi connectivity index (χ4v) is 4.27. The average Bonchev–Trinajstić information content (AvgIpc) is 3.30. The quantitative estimate of drug-likeness (QED) is 0.310. The van der Waals surface area contributed by atoms with Crippen LogP contribution >= 0.6 is 0 Å². The van der Waals surface area contributed by atoms with Crippen molar-refractivity contribution in [2.75, 3.05) is 43.4 Å². The van der Waals surface area contributed by atoms with E-state index in [0.717, 1.165) is 25.5 Å². The number of benzene rings is 2. The number of rotatable bonds is 6. The molecule has 0 radical (unpaired) electrons. The molecular formula is C25H24F3N7O2. The van der Waals surface area contributed by atoms with E-state index < -0.39 is 29.1 Å². The van der Waals surface area contributed by atoms with Crippen LogP contribution in [-0.2, 0) is 0 Å². The predicted octanol–water partition coefficient (Wildman–Crippen LogP) is 3.99. The molecule has 2 aromatic heterocycles. The number of nitrogens with zero attached hydrogens (tertiary/aromatic N) is 3. The number of carbonyl (C=O) groups is 1. The van der Waals surface area contributed by atoms with Crippen molar-refractivity contribution in [2.24, 2.45) is 0 Å². The van der Waals surface area contributed by atoms with Gasteiger partial charge in [-0.3, -0.25) is 4.79 Å². The smallest absolute Gasteiger partial charge is 0.260 e. The third-order valence-electron chi connectivity index (χ3n) is 6.04. The van der Waals surface area contributed by atoms with Crippen LogP contribution in [0.15, 0.2) is 36.7 Å². The van der Waals surface area contributed by atoms with E-state index >= 15 is 4.39 Å². The maximum atomic E-state index is 15.1. The lowest BCUT2D eigenvalue weighted by atomic mass is 10.2. The molecule has 1 fully saturated rings. The summed E-state index contributed by atoms with van der Waals surface area (Å²) in [6.07, 6.45) is 1.10. The number of fused-ring (bicyclic) bond motifs is 1. The van der Waals surface area contributed by atoms with E-state index in [1.165, 1.54) is 19.2 Å². The third-order valence-corrected chi connectivity index (χ3v) is 6.04. The van der Waals surface area contributed by atoms with Gasteiger partial charge in [-0.1, -0.05) is 0 Å². The van der Waals surface area contributed by atoms with Crippen LogP contribution in [0.4, 0.5) is 30.4 Å². The van der Waals surface area contributed by atoms with Crippen LogP contribution in [0, 0.1) is 24.4 Å². The minimum atomic E-state index is -0.817. The number of ether oxygens (including phenoxy) is 1. The standard InChI is InChI=1S/C25H24F3N7O2/c1-13-9-15-21(28)19(11-17(27)22(15)33-13)37-25-20(24(36)29-2)23(31-12-32-25)34-14-3-4-18(16(26)10-14)35-7-5-30-6-8-35/h3-4,9-12,30,33H,5-8H2,1-2H3,(H,29,36)(H,31,32,34). The Hall–Kier alpha value is -4.32. The highest BCUT2D eigenvalue weighted by Gasteiger charge is 2.24. The van der Waals surface area contributed by atoms with Crippen LogP contribution in [0.5, 0.6) is 11.6 Å². The molecule has 1 saturated heterocycles. The molecule has 1 amide bonds. The van der Waals surface area contributed by atoms with Gasteiger partial charge in [-0.2, -0.15) is 0 Å². The zero-order valence-electron chi connectivity index (χ0n) is 20.1. The van der Waals surface area contributed by atoms with Crippen LogP contribution in [0.2, 0.25) is 0 Å². The van der Waals surface area contributed by atoms with Crippen LogP contribution in [0.25, 0.3) is 10.9 Å². The van der Waals surface area contributed by atoms with Crippen LogP contribution in [-0.4, -0.2) is 54.1 Å². The number of piperazine rings is 1. The molecule has 9 nitrogen and oxygen atoms in total. The molecule has 0 unspecified atom stereocenters. The Morgan fingerprint density at radius 2 is 1.86 bits per heavy atom. The maximum Gasteiger partial charge on any atom is 0.260 e. The van der Waals surface area contributed by atoms with E-state index in [2.05, 4.69) is 30.9 Å². The van der Waals surface area contributed by atoms with Crippen molar-refractivity contribution in [2.45, 2.75) is 6.92 Å². The van der Waals surface area contributed by atoms with Gasteiger partial charge in [0.1, 0.15) is 17.7 Å². The van der Waals surface area contributed by atoms with Gasteiger partial charge < -0.3 is 30.6 Å². The number of anilines is 3. The number of nitrogens with one attached hydrogen (secondary N) is 4. The average molecular weight is 512 g/mol. The summed E-state index contributed by atoms with van der Waals surface area (Å²) in [5.41, 5.74) is 1.21. The predicted molar refractivity (Wildman–Crippen MR) is 133 cm³/mol. The second-order valence-corrected chi connectivity index (χ2v) is 8.52. The molecule has 5 rings (SSSR count). The van der Waals surface area contributed by atoms with Gasteiger partial charge in [-0.25, -0.2) is 23.1 Å². The molecule has 0 aliphatic carbocycles. The van der Waals surface area contributed by atoms with Gasteiger partial charge >= 0.3 is 0 Å². The summed E-state index contributed by atoms with van der Waals surface area (Å²) in [5.74, 6) is -3.39. The molecule has 2 aromatic carbocycles. The third kappa shape index (κ3) is 4.75. The van der Waals surface area contributed by atoms with E-state index in [4.69, 9.17) is 4.74 Å². The van der Waals surface area contributed by atoms with E-state index in [9.17, 15) is 13.6 Å². The first-order valence-corrected chi connectivity index (χ1v) is 11.6. The summed E-state index contributed by atoms with van der Waals surface area (Å²) in [6, 6.07) is 6.93. The molecule has 0 bridgehead atoms. The summed E-state index contributed by atoms with van der Waals surface area (Å²) in [7, 11) is 1.39. The van der Waals surface area contributed by atoms with Gasteiger partial charge in [0.15, 0.2) is 23.2 Å². The minimum absolute atomic E-state index is 0.00134. The van der Waals surface area contributed by atoms with Crippen LogP contribution < -0.4 is 25.6 Å². The van der Waals surface area contributed by atoms with E-state index in [0.29, 0.717) is 30.2 Å². The van der Waals surface area contributed by atoms with Gasteiger partial charge in [-0.05, 0) is 31.2 Å².